The number of ether oxygens (including phenoxy) is 4. The standard InChI is InChI=1S/C53H61N5O8/c1-7-20-63-46-34-14-11-15-35(46)25-39-29-43-31-41(49(39)66-23-10-4)27-37-17-12-16-36(47(37)64-21-8-2)26-40-30-42(28-38(24-34)48(40)65-22-9-3)56-50(59)32(5)54-52(61)44-18-13-19-45(58-44)53(62)55-33(6)51(60)57-43/h11-19,28-33H,7-10,20-27H2,1-6H3,(H,54,61)(H,55,62)(H,56,59)(H,57,60). The van der Waals surface area contributed by atoms with Crippen LogP contribution in [-0.2, 0) is 35.3 Å². The Kier molecular flexibility index (Phi) is 15.6. The predicted molar refractivity (Wildman–Crippen MR) is 255 cm³/mol. The van der Waals surface area contributed by atoms with E-state index in [-0.39, 0.29) is 11.4 Å². The number of benzene rings is 4. The third kappa shape index (κ3) is 11.1. The summed E-state index contributed by atoms with van der Waals surface area (Å²) >= 11 is 0. The van der Waals surface area contributed by atoms with Gasteiger partial charge in [0.15, 0.2) is 0 Å². The van der Waals surface area contributed by atoms with E-state index in [1.807, 2.05) is 36.4 Å². The number of fused-ring (bicyclic) bond motifs is 8. The van der Waals surface area contributed by atoms with Gasteiger partial charge in [-0.15, -0.1) is 0 Å². The molecule has 346 valence electrons. The Morgan fingerprint density at radius 2 is 0.742 bits per heavy atom. The van der Waals surface area contributed by atoms with Crippen molar-refractivity contribution in [2.45, 2.75) is 105 Å². The van der Waals surface area contributed by atoms with Crippen LogP contribution in [0, 0.1) is 0 Å². The van der Waals surface area contributed by atoms with Crippen molar-refractivity contribution < 1.29 is 38.1 Å². The number of hydrogen-bond acceptors (Lipinski definition) is 9. The molecule has 12 bridgehead atoms. The fraction of sp³-hybridized carbons (Fsp3) is 0.377. The first-order valence-electron chi connectivity index (χ1n) is 23.2. The molecule has 4 N–H and O–H groups in total. The van der Waals surface area contributed by atoms with E-state index in [2.05, 4.69) is 78.2 Å². The van der Waals surface area contributed by atoms with Crippen LogP contribution in [0.25, 0.3) is 0 Å². The zero-order valence-corrected chi connectivity index (χ0v) is 38.9. The summed E-state index contributed by atoms with van der Waals surface area (Å²) in [4.78, 5) is 59.4. The highest BCUT2D eigenvalue weighted by Gasteiger charge is 2.26. The van der Waals surface area contributed by atoms with Crippen molar-refractivity contribution in [2.24, 2.45) is 0 Å². The molecule has 0 radical (unpaired) electrons. The van der Waals surface area contributed by atoms with Gasteiger partial charge in [0, 0.05) is 59.3 Å². The number of nitrogens with one attached hydrogen (secondary N) is 4. The van der Waals surface area contributed by atoms with Crippen molar-refractivity contribution in [1.29, 1.82) is 0 Å². The number of amides is 4. The lowest BCUT2D eigenvalue weighted by Crippen LogP contribution is -2.43. The molecule has 5 aromatic rings. The van der Waals surface area contributed by atoms with Crippen LogP contribution in [0.4, 0.5) is 11.4 Å². The highest BCUT2D eigenvalue weighted by atomic mass is 16.5. The van der Waals surface area contributed by atoms with Crippen LogP contribution < -0.4 is 40.2 Å². The van der Waals surface area contributed by atoms with E-state index in [4.69, 9.17) is 18.9 Å². The van der Waals surface area contributed by atoms with Gasteiger partial charge in [-0.25, -0.2) is 4.98 Å². The average molecular weight is 896 g/mol. The van der Waals surface area contributed by atoms with Gasteiger partial charge in [0.2, 0.25) is 11.8 Å². The van der Waals surface area contributed by atoms with Gasteiger partial charge in [0.05, 0.1) is 26.4 Å². The molecule has 4 aromatic carbocycles. The van der Waals surface area contributed by atoms with Gasteiger partial charge in [0.1, 0.15) is 46.5 Å². The summed E-state index contributed by atoms with van der Waals surface area (Å²) in [5.74, 6) is 0.686. The van der Waals surface area contributed by atoms with Crippen LogP contribution in [0.15, 0.2) is 78.9 Å². The topological polar surface area (TPSA) is 166 Å². The number of pyridine rings is 1. The van der Waals surface area contributed by atoms with Crippen molar-refractivity contribution in [3.05, 3.63) is 135 Å². The Labute approximate surface area is 387 Å². The minimum Gasteiger partial charge on any atom is -0.493 e. The van der Waals surface area contributed by atoms with Crippen LogP contribution >= 0.6 is 0 Å². The molecule has 13 heteroatoms. The molecule has 4 amide bonds. The van der Waals surface area contributed by atoms with Gasteiger partial charge < -0.3 is 40.2 Å². The fourth-order valence-corrected chi connectivity index (χ4v) is 8.25. The zero-order chi connectivity index (χ0) is 46.7. The Hall–Kier alpha value is -6.89. The molecule has 1 aliphatic carbocycles. The van der Waals surface area contributed by atoms with E-state index in [1.165, 1.54) is 18.2 Å². The number of carbonyl (C=O) groups excluding carboxylic acids is 4. The summed E-state index contributed by atoms with van der Waals surface area (Å²) in [5, 5.41) is 11.6. The largest absolute Gasteiger partial charge is 0.493 e. The quantitative estimate of drug-likeness (QED) is 0.0940. The lowest BCUT2D eigenvalue weighted by atomic mass is 9.90. The van der Waals surface area contributed by atoms with Gasteiger partial charge in [-0.05, 0) is 98.2 Å². The number of carbonyl (C=O) groups is 4. The highest BCUT2D eigenvalue weighted by molar-refractivity contribution is 6.02. The summed E-state index contributed by atoms with van der Waals surface area (Å²) in [5.41, 5.74) is 7.97. The first-order chi connectivity index (χ1) is 32.0. The lowest BCUT2D eigenvalue weighted by molar-refractivity contribution is -0.118. The summed E-state index contributed by atoms with van der Waals surface area (Å²) < 4.78 is 26.7. The Balaban J connectivity index is 1.52. The van der Waals surface area contributed by atoms with E-state index in [0.29, 0.717) is 75.0 Å². The van der Waals surface area contributed by atoms with Crippen LogP contribution in [0.2, 0.25) is 0 Å². The number of aromatic nitrogens is 1. The maximum atomic E-state index is 14.0. The third-order valence-electron chi connectivity index (χ3n) is 11.4. The molecule has 3 heterocycles. The second-order valence-corrected chi connectivity index (χ2v) is 16.9. The lowest BCUT2D eigenvalue weighted by Gasteiger charge is -2.24. The van der Waals surface area contributed by atoms with Crippen LogP contribution in [0.3, 0.4) is 0 Å². The minimum atomic E-state index is -1.00. The molecular formula is C53H61N5O8. The van der Waals surface area contributed by atoms with Crippen molar-refractivity contribution in [1.82, 2.24) is 15.6 Å². The van der Waals surface area contributed by atoms with Gasteiger partial charge in [0.25, 0.3) is 11.8 Å². The molecule has 0 saturated carbocycles. The Morgan fingerprint density at radius 1 is 0.455 bits per heavy atom. The molecule has 0 fully saturated rings. The summed E-state index contributed by atoms with van der Waals surface area (Å²) in [6.07, 6.45) is 4.73. The fourth-order valence-electron chi connectivity index (χ4n) is 8.25. The molecular weight excluding hydrogens is 835 g/mol. The molecule has 1 aromatic heterocycles. The normalized spacial score (nSPS) is 16.3. The smallest absolute Gasteiger partial charge is 0.270 e. The summed E-state index contributed by atoms with van der Waals surface area (Å²) in [6.45, 7) is 13.3. The molecule has 0 spiro atoms. The van der Waals surface area contributed by atoms with Crippen LogP contribution in [0.5, 0.6) is 23.0 Å². The first kappa shape index (κ1) is 47.1. The first-order valence-corrected chi connectivity index (χ1v) is 23.2. The maximum Gasteiger partial charge on any atom is 0.270 e. The molecule has 2 aliphatic heterocycles. The van der Waals surface area contributed by atoms with Gasteiger partial charge >= 0.3 is 0 Å². The maximum absolute atomic E-state index is 14.0. The van der Waals surface area contributed by atoms with Gasteiger partial charge in [-0.2, -0.15) is 0 Å². The monoisotopic (exact) mass is 895 g/mol. The zero-order valence-electron chi connectivity index (χ0n) is 38.9. The molecule has 2 atom stereocenters. The van der Waals surface area contributed by atoms with Crippen molar-refractivity contribution in [3.8, 4) is 23.0 Å². The number of nitrogens with zero attached hydrogens (tertiary/aromatic N) is 1. The Bertz CT molecular complexity index is 2330. The van der Waals surface area contributed by atoms with Crippen LogP contribution in [0.1, 0.15) is 133 Å². The van der Waals surface area contributed by atoms with E-state index >= 15 is 0 Å². The average Bonchev–Trinajstić information content (AvgIpc) is 3.30. The van der Waals surface area contributed by atoms with E-state index in [1.54, 1.807) is 13.8 Å². The SMILES string of the molecule is CCCOc1c2cccc1Cc1cc3cc(c1OCCC)Cc1cccc(c1OCCC)Cc1cc(cc(c1OCCC)C2)NC(=O)C(C)NC(=O)c1cccc(n1)C(=O)NC(C)C(=O)N3. The predicted octanol–water partition coefficient (Wildman–Crippen LogP) is 8.74. The molecule has 3 aliphatic rings. The summed E-state index contributed by atoms with van der Waals surface area (Å²) in [7, 11) is 0. The number of rotatable bonds is 12. The van der Waals surface area contributed by atoms with Gasteiger partial charge in [-0.3, -0.25) is 19.2 Å². The van der Waals surface area contributed by atoms with Crippen LogP contribution in [-0.4, -0.2) is 67.1 Å². The van der Waals surface area contributed by atoms with Gasteiger partial charge in [-0.1, -0.05) is 70.2 Å². The third-order valence-corrected chi connectivity index (χ3v) is 11.4. The second kappa shape index (κ2) is 21.9. The minimum absolute atomic E-state index is 0.0672. The van der Waals surface area contributed by atoms with Crippen molar-refractivity contribution in [3.63, 3.8) is 0 Å². The van der Waals surface area contributed by atoms with Crippen molar-refractivity contribution >= 4 is 35.0 Å². The van der Waals surface area contributed by atoms with Crippen molar-refractivity contribution in [2.75, 3.05) is 37.1 Å². The highest BCUT2D eigenvalue weighted by Crippen LogP contribution is 2.41. The second-order valence-electron chi connectivity index (χ2n) is 16.9. The molecule has 66 heavy (non-hydrogen) atoms. The van der Waals surface area contributed by atoms with E-state index in [9.17, 15) is 19.2 Å². The number of para-hydroxylation sites is 2. The molecule has 2 unspecified atom stereocenters. The number of anilines is 2. The molecule has 0 saturated heterocycles. The van der Waals surface area contributed by atoms with E-state index < -0.39 is 35.7 Å². The summed E-state index contributed by atoms with van der Waals surface area (Å²) in [6, 6.07) is 22.5. The Morgan fingerprint density at radius 3 is 1.05 bits per heavy atom. The van der Waals surface area contributed by atoms with E-state index in [0.717, 1.165) is 81.7 Å². The molecule has 13 nitrogen and oxygen atoms in total. The molecule has 8 rings (SSSR count). The number of hydrogen-bond donors (Lipinski definition) is 4.